The fourth-order valence-electron chi connectivity index (χ4n) is 2.31. The van der Waals surface area contributed by atoms with Gasteiger partial charge in [0.25, 0.3) is 0 Å². The number of halogens is 1. The van der Waals surface area contributed by atoms with E-state index in [1.54, 1.807) is 6.92 Å². The number of rotatable bonds is 2. The second-order valence-electron chi connectivity index (χ2n) is 5.98. The van der Waals surface area contributed by atoms with Crippen LogP contribution in [-0.4, -0.2) is 21.2 Å². The Bertz CT molecular complexity index is 279. The van der Waals surface area contributed by atoms with Gasteiger partial charge in [-0.2, -0.15) is 0 Å². The zero-order valence-corrected chi connectivity index (χ0v) is 12.4. The molecule has 1 unspecified atom stereocenters. The van der Waals surface area contributed by atoms with Crippen LogP contribution in [0.15, 0.2) is 0 Å². The van der Waals surface area contributed by atoms with Crippen LogP contribution < -0.4 is 0 Å². The highest BCUT2D eigenvalue weighted by atomic mass is 35.5. The summed E-state index contributed by atoms with van der Waals surface area (Å²) in [6.45, 7) is 13.1. The van der Waals surface area contributed by atoms with E-state index in [0.29, 0.717) is 0 Å². The van der Waals surface area contributed by atoms with Gasteiger partial charge in [0.15, 0.2) is 0 Å². The van der Waals surface area contributed by atoms with Crippen LogP contribution >= 0.6 is 18.7 Å². The van der Waals surface area contributed by atoms with Crippen molar-refractivity contribution in [2.24, 2.45) is 0 Å². The van der Waals surface area contributed by atoms with Crippen LogP contribution in [0.4, 0.5) is 0 Å². The van der Waals surface area contributed by atoms with Gasteiger partial charge in [-0.15, -0.1) is 0 Å². The first-order chi connectivity index (χ1) is 6.35. The maximum absolute atomic E-state index is 13.1. The molecular weight excluding hydrogens is 231 g/mol. The molecule has 0 aromatic carbocycles. The molecule has 0 aliphatic heterocycles. The molecule has 0 fully saturated rings. The standard InChI is InChI=1S/C11H22ClO2P/c1-8(9(12)13)15(14,10(2,3)4)11(5,6)7/h8H,1-7H3. The second-order valence-corrected chi connectivity index (χ2v) is 11.1. The van der Waals surface area contributed by atoms with Crippen LogP contribution in [0.5, 0.6) is 0 Å². The van der Waals surface area contributed by atoms with Gasteiger partial charge in [0.2, 0.25) is 5.24 Å². The predicted octanol–water partition coefficient (Wildman–Crippen LogP) is 4.10. The molecule has 4 heteroatoms. The molecule has 2 nitrogen and oxygen atoms in total. The highest BCUT2D eigenvalue weighted by molar-refractivity contribution is 7.68. The van der Waals surface area contributed by atoms with Crippen LogP contribution in [-0.2, 0) is 9.36 Å². The first kappa shape index (κ1) is 15.2. The highest BCUT2D eigenvalue weighted by Crippen LogP contribution is 2.70. The Morgan fingerprint density at radius 3 is 1.40 bits per heavy atom. The summed E-state index contributed by atoms with van der Waals surface area (Å²) in [6, 6.07) is 0. The predicted molar refractivity (Wildman–Crippen MR) is 67.4 cm³/mol. The molecule has 0 radical (unpaired) electrons. The smallest absolute Gasteiger partial charge is 0.231 e. The molecule has 1 atom stereocenters. The lowest BCUT2D eigenvalue weighted by atomic mass is 10.2. The molecule has 0 saturated carbocycles. The maximum atomic E-state index is 13.1. The van der Waals surface area contributed by atoms with Crippen molar-refractivity contribution in [2.75, 3.05) is 0 Å². The maximum Gasteiger partial charge on any atom is 0.231 e. The van der Waals surface area contributed by atoms with E-state index < -0.39 is 28.4 Å². The van der Waals surface area contributed by atoms with Crippen molar-refractivity contribution in [3.05, 3.63) is 0 Å². The molecule has 0 bridgehead atoms. The molecule has 0 amide bonds. The number of hydrogen-bond acceptors (Lipinski definition) is 2. The van der Waals surface area contributed by atoms with E-state index in [1.807, 2.05) is 41.5 Å². The largest absolute Gasteiger partial charge is 0.322 e. The molecule has 0 aliphatic carbocycles. The van der Waals surface area contributed by atoms with E-state index in [2.05, 4.69) is 0 Å². The Labute approximate surface area is 98.1 Å². The summed E-state index contributed by atoms with van der Waals surface area (Å²) in [5, 5.41) is -1.31. The molecule has 0 aliphatic rings. The molecule has 15 heavy (non-hydrogen) atoms. The van der Waals surface area contributed by atoms with Crippen molar-refractivity contribution >= 4 is 24.0 Å². The molecule has 0 rings (SSSR count). The van der Waals surface area contributed by atoms with Gasteiger partial charge in [-0.3, -0.25) is 4.79 Å². The molecule has 0 aromatic heterocycles. The van der Waals surface area contributed by atoms with E-state index in [9.17, 15) is 9.36 Å². The van der Waals surface area contributed by atoms with Crippen LogP contribution in [0, 0.1) is 0 Å². The van der Waals surface area contributed by atoms with Crippen LogP contribution in [0.25, 0.3) is 0 Å². The summed E-state index contributed by atoms with van der Waals surface area (Å²) in [6.07, 6.45) is 0. The molecule has 0 N–H and O–H groups in total. The van der Waals surface area contributed by atoms with Crippen molar-refractivity contribution in [3.63, 3.8) is 0 Å². The Hall–Kier alpha value is 0.190. The molecule has 0 saturated heterocycles. The summed E-state index contributed by atoms with van der Waals surface area (Å²) in [4.78, 5) is 11.3. The number of hydrogen-bond donors (Lipinski definition) is 0. The topological polar surface area (TPSA) is 34.1 Å². The van der Waals surface area contributed by atoms with Crippen molar-refractivity contribution in [1.82, 2.24) is 0 Å². The second kappa shape index (κ2) is 4.22. The van der Waals surface area contributed by atoms with Crippen LogP contribution in [0.2, 0.25) is 0 Å². The van der Waals surface area contributed by atoms with Gasteiger partial charge in [0, 0.05) is 10.3 Å². The third-order valence-corrected chi connectivity index (χ3v) is 8.66. The van der Waals surface area contributed by atoms with E-state index in [1.165, 1.54) is 0 Å². The molecule has 0 heterocycles. The van der Waals surface area contributed by atoms with Gasteiger partial charge in [-0.1, -0.05) is 41.5 Å². The normalized spacial score (nSPS) is 16.3. The van der Waals surface area contributed by atoms with Crippen molar-refractivity contribution < 1.29 is 9.36 Å². The third-order valence-electron chi connectivity index (χ3n) is 2.87. The van der Waals surface area contributed by atoms with Gasteiger partial charge in [-0.05, 0) is 18.5 Å². The highest BCUT2D eigenvalue weighted by Gasteiger charge is 2.51. The average molecular weight is 253 g/mol. The minimum Gasteiger partial charge on any atom is -0.322 e. The molecular formula is C11H22ClO2P. The van der Waals surface area contributed by atoms with Crippen LogP contribution in [0.3, 0.4) is 0 Å². The quantitative estimate of drug-likeness (QED) is 0.548. The lowest BCUT2D eigenvalue weighted by molar-refractivity contribution is -0.111. The first-order valence-electron chi connectivity index (χ1n) is 5.15. The summed E-state index contributed by atoms with van der Waals surface area (Å²) in [7, 11) is -2.72. The fraction of sp³-hybridized carbons (Fsp3) is 0.909. The van der Waals surface area contributed by atoms with E-state index in [-0.39, 0.29) is 0 Å². The van der Waals surface area contributed by atoms with E-state index >= 15 is 0 Å². The summed E-state index contributed by atoms with van der Waals surface area (Å²) in [5.41, 5.74) is -0.584. The number of carbonyl (C=O) groups is 1. The SMILES string of the molecule is CC(C(=O)Cl)P(=O)(C(C)(C)C)C(C)(C)C. The summed E-state index contributed by atoms with van der Waals surface area (Å²) < 4.78 is 13.1. The molecule has 0 aromatic rings. The minimum atomic E-state index is -2.72. The zero-order valence-electron chi connectivity index (χ0n) is 10.7. The van der Waals surface area contributed by atoms with Gasteiger partial charge < -0.3 is 4.57 Å². The Kier molecular flexibility index (Phi) is 4.27. The number of carbonyl (C=O) groups excluding carboxylic acids is 1. The van der Waals surface area contributed by atoms with Gasteiger partial charge >= 0.3 is 0 Å². The Morgan fingerprint density at radius 1 is 1.07 bits per heavy atom. The van der Waals surface area contributed by atoms with Gasteiger partial charge in [0.05, 0.1) is 5.66 Å². The molecule has 0 spiro atoms. The van der Waals surface area contributed by atoms with E-state index in [0.717, 1.165) is 0 Å². The lowest BCUT2D eigenvalue weighted by Gasteiger charge is -2.43. The van der Waals surface area contributed by atoms with E-state index in [4.69, 9.17) is 11.6 Å². The lowest BCUT2D eigenvalue weighted by Crippen LogP contribution is -2.36. The van der Waals surface area contributed by atoms with Crippen molar-refractivity contribution in [1.29, 1.82) is 0 Å². The third kappa shape index (κ3) is 2.65. The van der Waals surface area contributed by atoms with Gasteiger partial charge in [0.1, 0.15) is 7.14 Å². The molecule has 90 valence electrons. The first-order valence-corrected chi connectivity index (χ1v) is 7.30. The Balaban J connectivity index is 5.66. The Morgan fingerprint density at radius 2 is 1.33 bits per heavy atom. The average Bonchev–Trinajstić information content (AvgIpc) is 1.96. The van der Waals surface area contributed by atoms with Crippen LogP contribution in [0.1, 0.15) is 48.5 Å². The van der Waals surface area contributed by atoms with Crippen molar-refractivity contribution in [2.45, 2.75) is 64.4 Å². The summed E-state index contributed by atoms with van der Waals surface area (Å²) in [5.74, 6) is 0. The summed E-state index contributed by atoms with van der Waals surface area (Å²) >= 11 is 5.51. The minimum absolute atomic E-state index is 0.408. The van der Waals surface area contributed by atoms with Crippen molar-refractivity contribution in [3.8, 4) is 0 Å². The van der Waals surface area contributed by atoms with Gasteiger partial charge in [-0.25, -0.2) is 0 Å². The zero-order chi connectivity index (χ0) is 12.7. The fourth-order valence-corrected chi connectivity index (χ4v) is 7.35. The monoisotopic (exact) mass is 252 g/mol.